The van der Waals surface area contributed by atoms with E-state index >= 15 is 0 Å². The van der Waals surface area contributed by atoms with Crippen LogP contribution in [-0.4, -0.2) is 33.0 Å². The quantitative estimate of drug-likeness (QED) is 0.848. The number of carbonyl (C=O) groups is 1. The van der Waals surface area contributed by atoms with Crippen molar-refractivity contribution in [2.45, 2.75) is 58.2 Å². The molecular weight excluding hydrogens is 326 g/mol. The summed E-state index contributed by atoms with van der Waals surface area (Å²) in [7, 11) is 1.82. The Morgan fingerprint density at radius 2 is 1.96 bits per heavy atom. The molecule has 0 unspecified atom stereocenters. The molecule has 1 aliphatic carbocycles. The van der Waals surface area contributed by atoms with Crippen LogP contribution < -0.4 is 11.2 Å². The first-order chi connectivity index (χ1) is 11.5. The van der Waals surface area contributed by atoms with Crippen LogP contribution in [-0.2, 0) is 17.9 Å². The van der Waals surface area contributed by atoms with Crippen molar-refractivity contribution in [1.82, 2.24) is 14.0 Å². The molecule has 7 heteroatoms. The van der Waals surface area contributed by atoms with E-state index in [0.29, 0.717) is 16.8 Å². The van der Waals surface area contributed by atoms with Gasteiger partial charge in [0.2, 0.25) is 5.91 Å². The van der Waals surface area contributed by atoms with Gasteiger partial charge in [-0.05, 0) is 31.2 Å². The zero-order chi connectivity index (χ0) is 17.3. The van der Waals surface area contributed by atoms with Gasteiger partial charge in [0.15, 0.2) is 0 Å². The van der Waals surface area contributed by atoms with Crippen LogP contribution in [0.2, 0.25) is 0 Å². The number of carbonyl (C=O) groups excluding carboxylic acids is 1. The second-order valence-corrected chi connectivity index (χ2v) is 7.27. The molecule has 0 aliphatic heterocycles. The van der Waals surface area contributed by atoms with E-state index in [1.165, 1.54) is 26.9 Å². The van der Waals surface area contributed by atoms with Gasteiger partial charge < -0.3 is 4.90 Å². The molecular formula is C17H23N3O3S. The molecule has 1 amide bonds. The number of amides is 1. The number of hydrogen-bond acceptors (Lipinski definition) is 4. The van der Waals surface area contributed by atoms with E-state index in [0.717, 1.165) is 25.7 Å². The van der Waals surface area contributed by atoms with Crippen molar-refractivity contribution < 1.29 is 4.79 Å². The van der Waals surface area contributed by atoms with Crippen LogP contribution in [0.4, 0.5) is 0 Å². The summed E-state index contributed by atoms with van der Waals surface area (Å²) >= 11 is 1.31. The summed E-state index contributed by atoms with van der Waals surface area (Å²) in [4.78, 5) is 39.4. The maximum Gasteiger partial charge on any atom is 0.331 e. The van der Waals surface area contributed by atoms with Crippen molar-refractivity contribution in [1.29, 1.82) is 0 Å². The average molecular weight is 349 g/mol. The minimum absolute atomic E-state index is 0.0145. The van der Waals surface area contributed by atoms with Crippen molar-refractivity contribution >= 4 is 27.5 Å². The van der Waals surface area contributed by atoms with Gasteiger partial charge in [0.05, 0.1) is 5.52 Å². The molecule has 1 aliphatic rings. The zero-order valence-electron chi connectivity index (χ0n) is 14.2. The van der Waals surface area contributed by atoms with Gasteiger partial charge >= 0.3 is 5.69 Å². The largest absolute Gasteiger partial charge is 0.341 e. The fourth-order valence-electron chi connectivity index (χ4n) is 3.48. The normalized spacial score (nSPS) is 15.8. The third-order valence-corrected chi connectivity index (χ3v) is 5.85. The standard InChI is InChI=1S/C17H23N3O3S/c1-3-19-16(22)15-13(9-10-24-15)20(17(19)23)11-14(21)18(2)12-7-5-4-6-8-12/h9-10,12H,3-8,11H2,1-2H3. The van der Waals surface area contributed by atoms with Crippen LogP contribution in [0.25, 0.3) is 10.2 Å². The summed E-state index contributed by atoms with van der Waals surface area (Å²) in [5.41, 5.74) is -0.110. The highest BCUT2D eigenvalue weighted by molar-refractivity contribution is 7.17. The van der Waals surface area contributed by atoms with Gasteiger partial charge in [0, 0.05) is 19.6 Å². The Bertz CT molecular complexity index is 858. The topological polar surface area (TPSA) is 64.3 Å². The predicted molar refractivity (Wildman–Crippen MR) is 95.7 cm³/mol. The Morgan fingerprint density at radius 1 is 1.25 bits per heavy atom. The van der Waals surface area contributed by atoms with E-state index in [4.69, 9.17) is 0 Å². The summed E-state index contributed by atoms with van der Waals surface area (Å²) in [6.45, 7) is 2.06. The van der Waals surface area contributed by atoms with Gasteiger partial charge in [-0.3, -0.25) is 18.7 Å². The summed E-state index contributed by atoms with van der Waals surface area (Å²) in [6, 6.07) is 2.01. The molecule has 0 N–H and O–H groups in total. The van der Waals surface area contributed by atoms with Crippen LogP contribution in [0.1, 0.15) is 39.0 Å². The molecule has 0 spiro atoms. The molecule has 6 nitrogen and oxygen atoms in total. The lowest BCUT2D eigenvalue weighted by molar-refractivity contribution is -0.133. The van der Waals surface area contributed by atoms with Crippen molar-refractivity contribution in [2.75, 3.05) is 7.05 Å². The molecule has 2 heterocycles. The molecule has 3 rings (SSSR count). The molecule has 2 aromatic rings. The summed E-state index contributed by atoms with van der Waals surface area (Å²) in [5, 5.41) is 1.79. The first-order valence-corrected chi connectivity index (χ1v) is 9.39. The number of fused-ring (bicyclic) bond motifs is 1. The average Bonchev–Trinajstić information content (AvgIpc) is 3.09. The molecule has 24 heavy (non-hydrogen) atoms. The highest BCUT2D eigenvalue weighted by Crippen LogP contribution is 2.22. The maximum absolute atomic E-state index is 12.7. The molecule has 0 saturated heterocycles. The Morgan fingerprint density at radius 3 is 2.62 bits per heavy atom. The lowest BCUT2D eigenvalue weighted by atomic mass is 9.94. The number of nitrogens with zero attached hydrogens (tertiary/aromatic N) is 3. The third-order valence-electron chi connectivity index (χ3n) is 4.96. The molecule has 0 radical (unpaired) electrons. The minimum atomic E-state index is -0.404. The van der Waals surface area contributed by atoms with Crippen LogP contribution >= 0.6 is 11.3 Å². The van der Waals surface area contributed by atoms with E-state index < -0.39 is 5.69 Å². The molecule has 1 saturated carbocycles. The summed E-state index contributed by atoms with van der Waals surface area (Å²) in [5.74, 6) is -0.0715. The van der Waals surface area contributed by atoms with Crippen molar-refractivity contribution in [3.05, 3.63) is 32.3 Å². The second kappa shape index (κ2) is 6.93. The number of aromatic nitrogens is 2. The monoisotopic (exact) mass is 349 g/mol. The first-order valence-electron chi connectivity index (χ1n) is 8.51. The highest BCUT2D eigenvalue weighted by Gasteiger charge is 2.23. The Kier molecular flexibility index (Phi) is 4.89. The van der Waals surface area contributed by atoms with E-state index in [1.807, 2.05) is 7.05 Å². The van der Waals surface area contributed by atoms with Gasteiger partial charge in [0.25, 0.3) is 5.56 Å². The van der Waals surface area contributed by atoms with E-state index in [9.17, 15) is 14.4 Å². The molecule has 2 aromatic heterocycles. The number of thiophene rings is 1. The highest BCUT2D eigenvalue weighted by atomic mass is 32.1. The van der Waals surface area contributed by atoms with E-state index in [1.54, 1.807) is 23.3 Å². The van der Waals surface area contributed by atoms with Gasteiger partial charge in [-0.25, -0.2) is 4.79 Å². The lowest BCUT2D eigenvalue weighted by Gasteiger charge is -2.31. The molecule has 0 atom stereocenters. The zero-order valence-corrected chi connectivity index (χ0v) is 15.0. The smallest absolute Gasteiger partial charge is 0.331 e. The van der Waals surface area contributed by atoms with Crippen LogP contribution in [0, 0.1) is 0 Å². The SMILES string of the molecule is CCn1c(=O)c2sccc2n(CC(=O)N(C)C2CCCCC2)c1=O. The molecule has 0 aromatic carbocycles. The summed E-state index contributed by atoms with van der Waals surface area (Å²) < 4.78 is 3.18. The van der Waals surface area contributed by atoms with E-state index in [2.05, 4.69) is 0 Å². The fraction of sp³-hybridized carbons (Fsp3) is 0.588. The van der Waals surface area contributed by atoms with Crippen molar-refractivity contribution in [3.8, 4) is 0 Å². The molecule has 1 fully saturated rings. The van der Waals surface area contributed by atoms with Crippen LogP contribution in [0.5, 0.6) is 0 Å². The Hall–Kier alpha value is -1.89. The Labute approximate surface area is 144 Å². The van der Waals surface area contributed by atoms with E-state index in [-0.39, 0.29) is 24.1 Å². The first kappa shape index (κ1) is 17.0. The van der Waals surface area contributed by atoms with Gasteiger partial charge in [0.1, 0.15) is 11.2 Å². The van der Waals surface area contributed by atoms with Gasteiger partial charge in [-0.1, -0.05) is 19.3 Å². The fourth-order valence-corrected chi connectivity index (χ4v) is 4.33. The number of rotatable bonds is 4. The predicted octanol–water partition coefficient (Wildman–Crippen LogP) is 2.04. The lowest BCUT2D eigenvalue weighted by Crippen LogP contribution is -2.44. The number of hydrogen-bond donors (Lipinski definition) is 0. The Balaban J connectivity index is 1.95. The third kappa shape index (κ3) is 2.92. The number of likely N-dealkylation sites (N-methyl/N-ethyl adjacent to an activating group) is 1. The molecule has 130 valence electrons. The van der Waals surface area contributed by atoms with Crippen molar-refractivity contribution in [2.24, 2.45) is 0 Å². The van der Waals surface area contributed by atoms with Crippen molar-refractivity contribution in [3.63, 3.8) is 0 Å². The van der Waals surface area contributed by atoms with Crippen LogP contribution in [0.3, 0.4) is 0 Å². The minimum Gasteiger partial charge on any atom is -0.341 e. The second-order valence-electron chi connectivity index (χ2n) is 6.35. The maximum atomic E-state index is 12.7. The summed E-state index contributed by atoms with van der Waals surface area (Å²) in [6.07, 6.45) is 5.59. The van der Waals surface area contributed by atoms with Gasteiger partial charge in [-0.15, -0.1) is 11.3 Å². The van der Waals surface area contributed by atoms with Gasteiger partial charge in [-0.2, -0.15) is 0 Å². The molecule has 0 bridgehead atoms. The van der Waals surface area contributed by atoms with Crippen LogP contribution in [0.15, 0.2) is 21.0 Å².